The van der Waals surface area contributed by atoms with Gasteiger partial charge in [-0.2, -0.15) is 0 Å². The van der Waals surface area contributed by atoms with Crippen molar-refractivity contribution in [2.75, 3.05) is 19.8 Å². The molecule has 0 radical (unpaired) electrons. The van der Waals surface area contributed by atoms with Gasteiger partial charge in [0.25, 0.3) is 0 Å². The van der Waals surface area contributed by atoms with Crippen molar-refractivity contribution in [1.29, 1.82) is 0 Å². The Morgan fingerprint density at radius 2 is 0.583 bits per heavy atom. The normalized spacial score (nSPS) is 24.5. The zero-order valence-corrected chi connectivity index (χ0v) is 55.4. The number of rotatable bonds is 28. The second kappa shape index (κ2) is 35.8. The number of aliphatic hydroxyl groups excluding tert-OH is 2. The maximum atomic E-state index is 15.2. The summed E-state index contributed by atoms with van der Waals surface area (Å²) in [5.74, 6) is -5.83. The fraction of sp³-hybridized carbons (Fsp3) is 0.259. The highest BCUT2D eigenvalue weighted by molar-refractivity contribution is 5.92. The number of carbonyl (C=O) groups is 6. The van der Waals surface area contributed by atoms with Gasteiger partial charge in [0, 0.05) is 0 Å². The lowest BCUT2D eigenvalue weighted by Gasteiger charge is -2.50. The van der Waals surface area contributed by atoms with Gasteiger partial charge in [-0.15, -0.1) is 0 Å². The molecule has 530 valence electrons. The average Bonchev–Trinajstić information content (AvgIpc) is 0.759. The van der Waals surface area contributed by atoms with Crippen LogP contribution in [0, 0.1) is 0 Å². The summed E-state index contributed by atoms with van der Waals surface area (Å²) in [5.41, 5.74) is 2.48. The van der Waals surface area contributed by atoms with Gasteiger partial charge in [0.05, 0.1) is 59.8 Å². The lowest BCUT2D eigenvalue weighted by Crippen LogP contribution is -2.68. The summed E-state index contributed by atoms with van der Waals surface area (Å²) in [5, 5.41) is 25.8. The first-order valence-electron chi connectivity index (χ1n) is 33.5. The number of hydrogen-bond donors (Lipinski definition) is 2. The molecule has 9 aromatic rings. The predicted octanol–water partition coefficient (Wildman–Crippen LogP) is 10.3. The molecule has 0 spiro atoms. The molecule has 9 aromatic carbocycles. The van der Waals surface area contributed by atoms with E-state index in [0.717, 1.165) is 11.1 Å². The molecule has 12 rings (SSSR count). The van der Waals surface area contributed by atoms with E-state index in [4.69, 9.17) is 66.3 Å². The second-order valence-electron chi connectivity index (χ2n) is 24.2. The van der Waals surface area contributed by atoms with Crippen LogP contribution in [0.5, 0.6) is 0 Å². The Bertz CT molecular complexity index is 4150. The summed E-state index contributed by atoms with van der Waals surface area (Å²) in [7, 11) is 0. The molecule has 22 nitrogen and oxygen atoms in total. The zero-order chi connectivity index (χ0) is 71.3. The maximum Gasteiger partial charge on any atom is 0.338 e. The van der Waals surface area contributed by atoms with Crippen LogP contribution in [0.2, 0.25) is 0 Å². The molecule has 0 aliphatic carbocycles. The summed E-state index contributed by atoms with van der Waals surface area (Å²) in [4.78, 5) is 87.1. The van der Waals surface area contributed by atoms with E-state index in [2.05, 4.69) is 0 Å². The van der Waals surface area contributed by atoms with Crippen molar-refractivity contribution in [2.45, 2.75) is 112 Å². The highest BCUT2D eigenvalue weighted by Crippen LogP contribution is 2.39. The molecule has 3 heterocycles. The molecule has 103 heavy (non-hydrogen) atoms. The fourth-order valence-corrected chi connectivity index (χ4v) is 11.9. The minimum absolute atomic E-state index is 0.00964. The first-order chi connectivity index (χ1) is 50.4. The summed E-state index contributed by atoms with van der Waals surface area (Å²) in [6, 6.07) is 74.5. The summed E-state index contributed by atoms with van der Waals surface area (Å²) >= 11 is 0. The van der Waals surface area contributed by atoms with E-state index in [1.807, 2.05) is 91.0 Å². The van der Waals surface area contributed by atoms with Gasteiger partial charge >= 0.3 is 35.8 Å². The van der Waals surface area contributed by atoms with Gasteiger partial charge in [0.1, 0.15) is 62.0 Å². The first-order valence-corrected chi connectivity index (χ1v) is 33.5. The van der Waals surface area contributed by atoms with E-state index in [0.29, 0.717) is 5.56 Å². The van der Waals surface area contributed by atoms with E-state index in [1.54, 1.807) is 109 Å². The van der Waals surface area contributed by atoms with Crippen molar-refractivity contribution in [1.82, 2.24) is 0 Å². The van der Waals surface area contributed by atoms with Crippen molar-refractivity contribution in [3.63, 3.8) is 0 Å². The Morgan fingerprint density at radius 1 is 0.282 bits per heavy atom. The molecule has 3 fully saturated rings. The van der Waals surface area contributed by atoms with Crippen molar-refractivity contribution in [3.8, 4) is 0 Å². The van der Waals surface area contributed by atoms with E-state index in [1.165, 1.54) is 72.8 Å². The molecule has 6 unspecified atom stereocenters. The minimum atomic E-state index is -2.17. The smallest absolute Gasteiger partial charge is 0.338 e. The molecule has 2 N–H and O–H groups in total. The van der Waals surface area contributed by atoms with Crippen LogP contribution in [-0.2, 0) is 86.1 Å². The highest BCUT2D eigenvalue weighted by atomic mass is 16.8. The Balaban J connectivity index is 0.998. The van der Waals surface area contributed by atoms with E-state index < -0.39 is 141 Å². The van der Waals surface area contributed by atoms with E-state index in [9.17, 15) is 34.2 Å². The van der Waals surface area contributed by atoms with Crippen LogP contribution >= 0.6 is 0 Å². The van der Waals surface area contributed by atoms with Crippen molar-refractivity contribution in [3.05, 3.63) is 323 Å². The molecule has 3 aliphatic heterocycles. The third-order valence-corrected chi connectivity index (χ3v) is 17.2. The molecule has 3 saturated heterocycles. The molecule has 15 atom stereocenters. The average molecular weight is 1400 g/mol. The van der Waals surface area contributed by atoms with Gasteiger partial charge in [-0.05, 0) is 89.5 Å². The van der Waals surface area contributed by atoms with Crippen LogP contribution in [0.3, 0.4) is 0 Å². The van der Waals surface area contributed by atoms with Crippen LogP contribution < -0.4 is 0 Å². The second-order valence-corrected chi connectivity index (χ2v) is 24.2. The Labute approximate surface area is 593 Å². The van der Waals surface area contributed by atoms with Crippen molar-refractivity contribution >= 4 is 35.8 Å². The summed E-state index contributed by atoms with van der Waals surface area (Å²) in [6.07, 6.45) is -27.1. The molecular formula is C81H74O22. The molecule has 0 saturated carbocycles. The number of hydrogen-bond acceptors (Lipinski definition) is 22. The number of aliphatic hydroxyl groups is 2. The first kappa shape index (κ1) is 72.2. The molecule has 0 bridgehead atoms. The zero-order valence-electron chi connectivity index (χ0n) is 55.4. The predicted molar refractivity (Wildman–Crippen MR) is 366 cm³/mol. The fourth-order valence-electron chi connectivity index (χ4n) is 11.9. The lowest BCUT2D eigenvalue weighted by atomic mass is 9.95. The topological polar surface area (TPSA) is 272 Å². The number of esters is 6. The van der Waals surface area contributed by atoms with Gasteiger partial charge in [0.15, 0.2) is 43.3 Å². The van der Waals surface area contributed by atoms with Crippen LogP contribution in [0.4, 0.5) is 0 Å². The van der Waals surface area contributed by atoms with Crippen molar-refractivity contribution in [2.24, 2.45) is 0 Å². The van der Waals surface area contributed by atoms with Crippen LogP contribution in [0.1, 0.15) is 78.8 Å². The third-order valence-electron chi connectivity index (χ3n) is 17.2. The molecule has 3 aliphatic rings. The molecule has 0 amide bonds. The van der Waals surface area contributed by atoms with E-state index >= 15 is 4.79 Å². The third kappa shape index (κ3) is 19.1. The molecule has 22 heteroatoms. The monoisotopic (exact) mass is 1400 g/mol. The number of carbonyl (C=O) groups excluding carboxylic acids is 6. The number of ether oxygens (including phenoxy) is 14. The van der Waals surface area contributed by atoms with Gasteiger partial charge in [0.2, 0.25) is 0 Å². The largest absolute Gasteiger partial charge is 0.459 e. The van der Waals surface area contributed by atoms with Crippen LogP contribution in [0.25, 0.3) is 0 Å². The lowest BCUT2D eigenvalue weighted by molar-refractivity contribution is -0.384. The molecular weight excluding hydrogens is 1320 g/mol. The number of benzene rings is 9. The van der Waals surface area contributed by atoms with Gasteiger partial charge in [-0.25, -0.2) is 28.8 Å². The highest BCUT2D eigenvalue weighted by Gasteiger charge is 2.59. The summed E-state index contributed by atoms with van der Waals surface area (Å²) < 4.78 is 91.9. The van der Waals surface area contributed by atoms with E-state index in [-0.39, 0.29) is 59.8 Å². The molecule has 0 aromatic heterocycles. The van der Waals surface area contributed by atoms with Crippen LogP contribution in [-0.4, -0.2) is 158 Å². The van der Waals surface area contributed by atoms with Crippen LogP contribution in [0.15, 0.2) is 273 Å². The standard InChI is InChI=1S/C81H74O22/c82-64-65(98-75(85)57-38-20-6-21-39-57)62(50-93-73(83)55-34-16-4-17-35-55)96-80(68(64)100-77(87)59-42-24-8-25-43-59)102-70-67(99-76(86)58-40-22-7-23-41-58)63(51-94-74(84)56-36-18-5-19-37-56)97-81(72(70)101-78(88)60-44-26-9-27-45-60)103-71-69(92-48-54-32-14-3-15-33-54)66(91-47-53-30-12-2-13-31-53)61(95-79(71)89)49-90-46-52-28-10-1-11-29-52/h1-45,61-72,79-82,89H,46-51H2/t61?,62?,63?,64-,65+,66+,67+,68?,69-,70-,71?,72?,79-,80+,81+/m0/s1. The minimum Gasteiger partial charge on any atom is -0.459 e. The maximum absolute atomic E-state index is 15.2. The summed E-state index contributed by atoms with van der Waals surface area (Å²) in [6.45, 7) is -1.70. The van der Waals surface area contributed by atoms with Gasteiger partial charge in [-0.1, -0.05) is 200 Å². The Hall–Kier alpha value is -10.6. The van der Waals surface area contributed by atoms with Gasteiger partial charge in [-0.3, -0.25) is 0 Å². The van der Waals surface area contributed by atoms with Gasteiger partial charge < -0.3 is 76.5 Å². The Kier molecular flexibility index (Phi) is 25.1. The Morgan fingerprint density at radius 3 is 0.990 bits per heavy atom. The SMILES string of the molecule is O=C(OCC1O[C@H](O[C@@H]2C(OC(=O)c3ccccc3)[C@@H](OC3[C@@H](OCc4ccccc4)[C@H](OCc4ccccc4)C(COCc4ccccc4)O[C@@H]3O)OC(COC(=O)c3ccccc3)[C@H]2OC(=O)c2ccccc2)C(OC(=O)c2ccccc2)[C@@H](O)[C@@H]1OC(=O)c1ccccc1)c1ccccc1. The quantitative estimate of drug-likeness (QED) is 0.0341. The van der Waals surface area contributed by atoms with Crippen molar-refractivity contribution < 1.29 is 105 Å².